The zero-order valence-electron chi connectivity index (χ0n) is 11.1. The van der Waals surface area contributed by atoms with Crippen molar-refractivity contribution in [2.75, 3.05) is 0 Å². The number of benzene rings is 3. The molecule has 0 fully saturated rings. The van der Waals surface area contributed by atoms with E-state index in [-0.39, 0.29) is 4.70 Å². The van der Waals surface area contributed by atoms with Crippen molar-refractivity contribution in [1.29, 1.82) is 0 Å². The molecule has 2 heteroatoms. The van der Waals surface area contributed by atoms with Crippen LogP contribution in [0.1, 0.15) is 0 Å². The van der Waals surface area contributed by atoms with Crippen molar-refractivity contribution in [3.8, 4) is 0 Å². The molecule has 3 aromatic carbocycles. The minimum atomic E-state index is -2.14. The van der Waals surface area contributed by atoms with Gasteiger partial charge in [-0.05, 0) is 0 Å². The molecule has 0 saturated carbocycles. The van der Waals surface area contributed by atoms with Crippen LogP contribution in [0.5, 0.6) is 0 Å². The molecule has 0 radical (unpaired) electrons. The first-order valence-corrected chi connectivity index (χ1v) is 11.5. The van der Waals surface area contributed by atoms with Gasteiger partial charge in [-0.3, -0.25) is 4.70 Å². The Balaban J connectivity index is 0.00000147. The molecule has 0 heterocycles. The Morgan fingerprint density at radius 3 is 0.900 bits per heavy atom. The van der Waals surface area contributed by atoms with E-state index in [4.69, 9.17) is 0 Å². The average Bonchev–Trinajstić information content (AvgIpc) is 2.51. The Hall–Kier alpha value is -1.61. The maximum absolute atomic E-state index is 2.29. The van der Waals surface area contributed by atoms with E-state index in [2.05, 4.69) is 91.0 Å². The van der Waals surface area contributed by atoms with Crippen LogP contribution in [-0.4, -0.2) is 19.8 Å². The van der Waals surface area contributed by atoms with Crippen molar-refractivity contribution < 1.29 is 4.70 Å². The van der Waals surface area contributed by atoms with Crippen LogP contribution in [0.4, 0.5) is 4.70 Å². The van der Waals surface area contributed by atoms with E-state index in [1.54, 1.807) is 10.7 Å². The summed E-state index contributed by atoms with van der Waals surface area (Å²) in [4.78, 5) is 0. The van der Waals surface area contributed by atoms with Crippen molar-refractivity contribution in [2.24, 2.45) is 0 Å². The molecule has 0 saturated heterocycles. The van der Waals surface area contributed by atoms with Crippen LogP contribution in [0.15, 0.2) is 91.0 Å². The van der Waals surface area contributed by atoms with Crippen LogP contribution in [-0.2, 0) is 0 Å². The van der Waals surface area contributed by atoms with Crippen molar-refractivity contribution >= 4 is 30.5 Å². The molecule has 0 atom stereocenters. The van der Waals surface area contributed by atoms with Gasteiger partial charge in [0.15, 0.2) is 0 Å². The van der Waals surface area contributed by atoms with E-state index < -0.39 is 19.8 Å². The van der Waals surface area contributed by atoms with Gasteiger partial charge in [0.2, 0.25) is 0 Å². The van der Waals surface area contributed by atoms with Gasteiger partial charge >= 0.3 is 121 Å². The van der Waals surface area contributed by atoms with E-state index in [0.29, 0.717) is 0 Å². The first-order chi connectivity index (χ1) is 9.45. The standard InChI is InChI=1S/3C6H5.FH.Sn.H/c3*1-2-4-6-5-3-1;;;/h3*1-5H;1H;;. The molecule has 100 valence electrons. The molecule has 0 aliphatic carbocycles. The number of hydrogen-bond acceptors (Lipinski definition) is 0. The molecular weight excluding hydrogens is 354 g/mol. The van der Waals surface area contributed by atoms with Gasteiger partial charge in [-0.25, -0.2) is 0 Å². The topological polar surface area (TPSA) is 0 Å². The Bertz CT molecular complexity index is 529. The van der Waals surface area contributed by atoms with Gasteiger partial charge in [-0.2, -0.15) is 0 Å². The van der Waals surface area contributed by atoms with Crippen molar-refractivity contribution in [3.63, 3.8) is 0 Å². The summed E-state index contributed by atoms with van der Waals surface area (Å²) in [6.45, 7) is 0. The molecule has 0 aliphatic rings. The molecule has 0 nitrogen and oxygen atoms in total. The van der Waals surface area contributed by atoms with E-state index in [0.717, 1.165) is 0 Å². The Labute approximate surface area is 126 Å². The SMILES string of the molecule is F.c1cc[c]([SnH]([c]2ccccc2)[c]2ccccc2)cc1. The van der Waals surface area contributed by atoms with E-state index in [9.17, 15) is 0 Å². The van der Waals surface area contributed by atoms with Gasteiger partial charge in [-0.1, -0.05) is 0 Å². The van der Waals surface area contributed by atoms with Crippen LogP contribution in [0.25, 0.3) is 0 Å². The Morgan fingerprint density at radius 2 is 0.650 bits per heavy atom. The molecule has 0 aromatic heterocycles. The summed E-state index contributed by atoms with van der Waals surface area (Å²) in [5.41, 5.74) is 0. The van der Waals surface area contributed by atoms with Crippen molar-refractivity contribution in [3.05, 3.63) is 91.0 Å². The molecule has 0 unspecified atom stereocenters. The van der Waals surface area contributed by atoms with Gasteiger partial charge in [0.1, 0.15) is 0 Å². The van der Waals surface area contributed by atoms with Crippen LogP contribution in [0.3, 0.4) is 0 Å². The Morgan fingerprint density at radius 1 is 0.400 bits per heavy atom. The third kappa shape index (κ3) is 3.28. The minimum absolute atomic E-state index is 0. The fourth-order valence-corrected chi connectivity index (χ4v) is 11.0. The number of hydrogen-bond donors (Lipinski definition) is 0. The second kappa shape index (κ2) is 7.25. The van der Waals surface area contributed by atoms with Crippen molar-refractivity contribution in [1.82, 2.24) is 0 Å². The van der Waals surface area contributed by atoms with E-state index in [1.165, 1.54) is 0 Å². The van der Waals surface area contributed by atoms with Gasteiger partial charge in [0, 0.05) is 0 Å². The fraction of sp³-hybridized carbons (Fsp3) is 0. The monoisotopic (exact) mass is 372 g/mol. The Kier molecular flexibility index (Phi) is 5.36. The summed E-state index contributed by atoms with van der Waals surface area (Å²) in [5.74, 6) is 0. The number of rotatable bonds is 3. The number of halogens is 1. The summed E-state index contributed by atoms with van der Waals surface area (Å²) in [7, 11) is 0. The van der Waals surface area contributed by atoms with Gasteiger partial charge in [0.25, 0.3) is 0 Å². The van der Waals surface area contributed by atoms with Gasteiger partial charge in [-0.15, -0.1) is 0 Å². The summed E-state index contributed by atoms with van der Waals surface area (Å²) < 4.78 is 4.63. The predicted molar refractivity (Wildman–Crippen MR) is 87.9 cm³/mol. The van der Waals surface area contributed by atoms with Crippen LogP contribution in [0.2, 0.25) is 0 Å². The molecule has 3 aromatic rings. The zero-order valence-corrected chi connectivity index (χ0v) is 14.4. The predicted octanol–water partition coefficient (Wildman–Crippen LogP) is 2.09. The third-order valence-electron chi connectivity index (χ3n) is 3.40. The summed E-state index contributed by atoms with van der Waals surface area (Å²) >= 11 is -2.14. The zero-order chi connectivity index (χ0) is 12.9. The first-order valence-electron chi connectivity index (χ1n) is 6.60. The molecule has 0 aliphatic heterocycles. The maximum atomic E-state index is 2.29. The summed E-state index contributed by atoms with van der Waals surface area (Å²) in [5, 5.41) is 0. The van der Waals surface area contributed by atoms with Crippen LogP contribution >= 0.6 is 0 Å². The normalized spacial score (nSPS) is 10.1. The van der Waals surface area contributed by atoms with E-state index >= 15 is 0 Å². The third-order valence-corrected chi connectivity index (χ3v) is 12.4. The second-order valence-corrected chi connectivity index (χ2v) is 12.8. The second-order valence-electron chi connectivity index (χ2n) is 4.67. The fourth-order valence-electron chi connectivity index (χ4n) is 2.51. The van der Waals surface area contributed by atoms with Gasteiger partial charge in [0.05, 0.1) is 0 Å². The quantitative estimate of drug-likeness (QED) is 0.619. The van der Waals surface area contributed by atoms with Crippen molar-refractivity contribution in [2.45, 2.75) is 0 Å². The van der Waals surface area contributed by atoms with Crippen LogP contribution in [0, 0.1) is 0 Å². The molecular formula is C18H17FSn. The van der Waals surface area contributed by atoms with Crippen LogP contribution < -0.4 is 10.7 Å². The van der Waals surface area contributed by atoms with Gasteiger partial charge < -0.3 is 0 Å². The molecule has 3 rings (SSSR count). The average molecular weight is 371 g/mol. The van der Waals surface area contributed by atoms with E-state index in [1.807, 2.05) is 0 Å². The summed E-state index contributed by atoms with van der Waals surface area (Å²) in [6.07, 6.45) is 0. The summed E-state index contributed by atoms with van der Waals surface area (Å²) in [6, 6.07) is 33.0. The molecule has 0 amide bonds. The molecule has 0 spiro atoms. The molecule has 0 N–H and O–H groups in total. The first kappa shape index (κ1) is 14.8. The molecule has 20 heavy (non-hydrogen) atoms. The molecule has 0 bridgehead atoms.